The molecule has 2 aliphatic rings. The average Bonchev–Trinajstić information content (AvgIpc) is 2.53. The zero-order valence-corrected chi connectivity index (χ0v) is 16.6. The van der Waals surface area contributed by atoms with Crippen LogP contribution in [0.4, 0.5) is 0 Å². The summed E-state index contributed by atoms with van der Waals surface area (Å²) in [7, 11) is 4.10. The second-order valence-corrected chi connectivity index (χ2v) is 8.16. The van der Waals surface area contributed by atoms with Crippen LogP contribution < -0.4 is 10.6 Å². The second kappa shape index (κ2) is 9.04. The Bertz CT molecular complexity index is 389. The third kappa shape index (κ3) is 5.09. The molecule has 0 bridgehead atoms. The van der Waals surface area contributed by atoms with E-state index in [4.69, 9.17) is 0 Å². The monoisotopic (exact) mass is 337 g/mol. The fourth-order valence-electron chi connectivity index (χ4n) is 3.97. The van der Waals surface area contributed by atoms with Crippen LogP contribution in [0.15, 0.2) is 4.99 Å². The van der Waals surface area contributed by atoms with Crippen molar-refractivity contribution in [2.45, 2.75) is 52.5 Å². The van der Waals surface area contributed by atoms with Crippen molar-refractivity contribution in [1.82, 2.24) is 20.4 Å². The van der Waals surface area contributed by atoms with Crippen molar-refractivity contribution in [3.63, 3.8) is 0 Å². The molecule has 1 unspecified atom stereocenters. The molecule has 5 nitrogen and oxygen atoms in total. The Morgan fingerprint density at radius 2 is 1.79 bits per heavy atom. The van der Waals surface area contributed by atoms with Crippen LogP contribution in [0.5, 0.6) is 0 Å². The molecule has 1 saturated heterocycles. The SMILES string of the molecule is CCC1(CNC(=NC)NCC(C(C)C)N2CCN(C)CC2)CCC1. The maximum Gasteiger partial charge on any atom is 0.191 e. The second-order valence-electron chi connectivity index (χ2n) is 8.16. The lowest BCUT2D eigenvalue weighted by Gasteiger charge is -2.42. The number of piperazine rings is 1. The van der Waals surface area contributed by atoms with Crippen molar-refractivity contribution in [2.24, 2.45) is 16.3 Å². The van der Waals surface area contributed by atoms with Gasteiger partial charge in [0, 0.05) is 52.4 Å². The van der Waals surface area contributed by atoms with Crippen molar-refractivity contribution >= 4 is 5.96 Å². The number of rotatable bonds is 7. The summed E-state index contributed by atoms with van der Waals surface area (Å²) in [6, 6.07) is 0.570. The summed E-state index contributed by atoms with van der Waals surface area (Å²) >= 11 is 0. The molecule has 0 aromatic carbocycles. The highest BCUT2D eigenvalue weighted by Gasteiger charge is 2.35. The van der Waals surface area contributed by atoms with Crippen molar-refractivity contribution in [1.29, 1.82) is 0 Å². The molecule has 140 valence electrons. The van der Waals surface area contributed by atoms with Gasteiger partial charge in [0.15, 0.2) is 5.96 Å². The Labute approximate surface area is 149 Å². The Hall–Kier alpha value is -0.810. The van der Waals surface area contributed by atoms with Crippen LogP contribution in [0.1, 0.15) is 46.5 Å². The highest BCUT2D eigenvalue weighted by Crippen LogP contribution is 2.42. The molecule has 0 amide bonds. The zero-order valence-electron chi connectivity index (χ0n) is 16.6. The summed E-state index contributed by atoms with van der Waals surface area (Å²) < 4.78 is 0. The minimum absolute atomic E-state index is 0.520. The summed E-state index contributed by atoms with van der Waals surface area (Å²) in [5.41, 5.74) is 0.520. The van der Waals surface area contributed by atoms with E-state index in [1.807, 2.05) is 7.05 Å². The number of aliphatic imine (C=N–C) groups is 1. The van der Waals surface area contributed by atoms with Gasteiger partial charge in [0.1, 0.15) is 0 Å². The normalized spacial score (nSPS) is 23.8. The van der Waals surface area contributed by atoms with Gasteiger partial charge < -0.3 is 15.5 Å². The number of hydrogen-bond donors (Lipinski definition) is 2. The van der Waals surface area contributed by atoms with Gasteiger partial charge in [-0.15, -0.1) is 0 Å². The number of guanidine groups is 1. The Balaban J connectivity index is 1.81. The van der Waals surface area contributed by atoms with Crippen LogP contribution in [0.25, 0.3) is 0 Å². The first kappa shape index (κ1) is 19.5. The third-order valence-electron chi connectivity index (χ3n) is 6.27. The molecule has 5 heteroatoms. The Kier molecular flexibility index (Phi) is 7.35. The maximum atomic E-state index is 4.44. The van der Waals surface area contributed by atoms with Gasteiger partial charge in [-0.05, 0) is 37.6 Å². The topological polar surface area (TPSA) is 42.9 Å². The molecule has 1 aliphatic heterocycles. The molecule has 1 atom stereocenters. The van der Waals surface area contributed by atoms with E-state index < -0.39 is 0 Å². The highest BCUT2D eigenvalue weighted by atomic mass is 15.3. The fraction of sp³-hybridized carbons (Fsp3) is 0.947. The molecule has 2 N–H and O–H groups in total. The molecule has 1 saturated carbocycles. The first-order chi connectivity index (χ1) is 11.5. The first-order valence-corrected chi connectivity index (χ1v) is 9.87. The summed E-state index contributed by atoms with van der Waals surface area (Å²) in [5.74, 6) is 1.61. The number of nitrogens with one attached hydrogen (secondary N) is 2. The van der Waals surface area contributed by atoms with E-state index in [-0.39, 0.29) is 0 Å². The number of likely N-dealkylation sites (N-methyl/N-ethyl adjacent to an activating group) is 1. The van der Waals surface area contributed by atoms with Crippen LogP contribution in [0.3, 0.4) is 0 Å². The van der Waals surface area contributed by atoms with Crippen molar-refractivity contribution in [2.75, 3.05) is 53.4 Å². The van der Waals surface area contributed by atoms with Gasteiger partial charge in [-0.2, -0.15) is 0 Å². The molecule has 1 aliphatic carbocycles. The molecule has 0 aromatic rings. The molecule has 0 aromatic heterocycles. The van der Waals surface area contributed by atoms with E-state index in [1.54, 1.807) is 0 Å². The van der Waals surface area contributed by atoms with Gasteiger partial charge in [0.2, 0.25) is 0 Å². The molecule has 1 heterocycles. The smallest absolute Gasteiger partial charge is 0.191 e. The van der Waals surface area contributed by atoms with E-state index in [1.165, 1.54) is 51.9 Å². The van der Waals surface area contributed by atoms with Crippen molar-refractivity contribution in [3.8, 4) is 0 Å². The molecule has 0 spiro atoms. The average molecular weight is 338 g/mol. The molecular weight excluding hydrogens is 298 g/mol. The van der Waals surface area contributed by atoms with Crippen molar-refractivity contribution in [3.05, 3.63) is 0 Å². The summed E-state index contributed by atoms with van der Waals surface area (Å²) in [6.07, 6.45) is 5.39. The van der Waals surface area contributed by atoms with Crippen LogP contribution >= 0.6 is 0 Å². The Morgan fingerprint density at radius 3 is 2.25 bits per heavy atom. The zero-order chi connectivity index (χ0) is 17.6. The minimum Gasteiger partial charge on any atom is -0.356 e. The summed E-state index contributed by atoms with van der Waals surface area (Å²) in [4.78, 5) is 9.50. The molecule has 2 fully saturated rings. The minimum atomic E-state index is 0.520. The molecule has 24 heavy (non-hydrogen) atoms. The summed E-state index contributed by atoms with van der Waals surface area (Å²) in [5, 5.41) is 7.17. The van der Waals surface area contributed by atoms with E-state index in [2.05, 4.69) is 53.2 Å². The summed E-state index contributed by atoms with van der Waals surface area (Å²) in [6.45, 7) is 13.7. The standard InChI is InChI=1S/C19H39N5/c1-6-19(8-7-9-19)15-22-18(20-4)21-14-17(16(2)3)24-12-10-23(5)11-13-24/h16-17H,6-15H2,1-5H3,(H2,20,21,22). The lowest BCUT2D eigenvalue weighted by atomic mass is 9.67. The lowest BCUT2D eigenvalue weighted by molar-refractivity contribution is 0.0898. The van der Waals surface area contributed by atoms with Crippen LogP contribution in [0.2, 0.25) is 0 Å². The van der Waals surface area contributed by atoms with E-state index in [0.29, 0.717) is 17.4 Å². The highest BCUT2D eigenvalue weighted by molar-refractivity contribution is 5.79. The van der Waals surface area contributed by atoms with Crippen LogP contribution in [-0.4, -0.2) is 75.2 Å². The Morgan fingerprint density at radius 1 is 1.12 bits per heavy atom. The predicted molar refractivity (Wildman–Crippen MR) is 104 cm³/mol. The lowest BCUT2D eigenvalue weighted by Crippen LogP contribution is -2.55. The molecule has 0 radical (unpaired) electrons. The predicted octanol–water partition coefficient (Wildman–Crippen LogP) is 2.00. The maximum absolute atomic E-state index is 4.44. The van der Waals surface area contributed by atoms with Gasteiger partial charge in [0.25, 0.3) is 0 Å². The van der Waals surface area contributed by atoms with Crippen LogP contribution in [0, 0.1) is 11.3 Å². The quantitative estimate of drug-likeness (QED) is 0.551. The molecule has 2 rings (SSSR count). The van der Waals surface area contributed by atoms with E-state index >= 15 is 0 Å². The van der Waals surface area contributed by atoms with Gasteiger partial charge in [0.05, 0.1) is 0 Å². The first-order valence-electron chi connectivity index (χ1n) is 9.87. The van der Waals surface area contributed by atoms with Gasteiger partial charge in [-0.3, -0.25) is 9.89 Å². The van der Waals surface area contributed by atoms with E-state index in [0.717, 1.165) is 19.0 Å². The number of hydrogen-bond acceptors (Lipinski definition) is 3. The van der Waals surface area contributed by atoms with Crippen molar-refractivity contribution < 1.29 is 0 Å². The largest absolute Gasteiger partial charge is 0.356 e. The third-order valence-corrected chi connectivity index (χ3v) is 6.27. The van der Waals surface area contributed by atoms with Gasteiger partial charge in [-0.1, -0.05) is 27.2 Å². The molecular formula is C19H39N5. The van der Waals surface area contributed by atoms with Gasteiger partial charge in [-0.25, -0.2) is 0 Å². The van der Waals surface area contributed by atoms with Gasteiger partial charge >= 0.3 is 0 Å². The fourth-order valence-corrected chi connectivity index (χ4v) is 3.97. The number of nitrogens with zero attached hydrogens (tertiary/aromatic N) is 3. The van der Waals surface area contributed by atoms with E-state index in [9.17, 15) is 0 Å². The van der Waals surface area contributed by atoms with Crippen LogP contribution in [-0.2, 0) is 0 Å².